The van der Waals surface area contributed by atoms with Gasteiger partial charge in [-0.15, -0.1) is 0 Å². The molecule has 1 aromatic carbocycles. The molecule has 116 valence electrons. The lowest BCUT2D eigenvalue weighted by Crippen LogP contribution is -2.39. The van der Waals surface area contributed by atoms with Gasteiger partial charge in [0.15, 0.2) is 0 Å². The SMILES string of the molecule is COCc1cc(N2CCOC(c3ccc(F)cc3)C2)ncn1. The lowest BCUT2D eigenvalue weighted by Gasteiger charge is -2.34. The molecule has 3 rings (SSSR count). The molecule has 1 unspecified atom stereocenters. The molecule has 1 aliphatic rings. The Morgan fingerprint density at radius 3 is 2.91 bits per heavy atom. The summed E-state index contributed by atoms with van der Waals surface area (Å²) in [6.07, 6.45) is 1.46. The highest BCUT2D eigenvalue weighted by atomic mass is 19.1. The maximum Gasteiger partial charge on any atom is 0.132 e. The molecule has 2 heterocycles. The van der Waals surface area contributed by atoms with Crippen LogP contribution in [0.2, 0.25) is 0 Å². The van der Waals surface area contributed by atoms with Crippen molar-refractivity contribution in [3.8, 4) is 0 Å². The fourth-order valence-corrected chi connectivity index (χ4v) is 2.52. The lowest BCUT2D eigenvalue weighted by molar-refractivity contribution is 0.0394. The zero-order valence-corrected chi connectivity index (χ0v) is 12.4. The first kappa shape index (κ1) is 14.9. The maximum absolute atomic E-state index is 13.0. The number of hydrogen-bond donors (Lipinski definition) is 0. The van der Waals surface area contributed by atoms with Crippen LogP contribution in [-0.4, -0.2) is 36.8 Å². The fraction of sp³-hybridized carbons (Fsp3) is 0.375. The second kappa shape index (κ2) is 6.81. The van der Waals surface area contributed by atoms with Crippen molar-refractivity contribution in [3.05, 3.63) is 53.7 Å². The van der Waals surface area contributed by atoms with Crippen molar-refractivity contribution in [3.63, 3.8) is 0 Å². The van der Waals surface area contributed by atoms with Gasteiger partial charge in [-0.2, -0.15) is 0 Å². The van der Waals surface area contributed by atoms with Gasteiger partial charge in [0.2, 0.25) is 0 Å². The third-order valence-corrected chi connectivity index (χ3v) is 3.63. The molecule has 6 heteroatoms. The molecule has 1 aromatic heterocycles. The van der Waals surface area contributed by atoms with E-state index in [-0.39, 0.29) is 11.9 Å². The number of nitrogens with zero attached hydrogens (tertiary/aromatic N) is 3. The summed E-state index contributed by atoms with van der Waals surface area (Å²) in [5.41, 5.74) is 1.81. The molecule has 1 fully saturated rings. The summed E-state index contributed by atoms with van der Waals surface area (Å²) < 4.78 is 23.9. The average Bonchev–Trinajstić information content (AvgIpc) is 2.56. The Bertz CT molecular complexity index is 621. The first-order valence-electron chi connectivity index (χ1n) is 7.18. The zero-order valence-electron chi connectivity index (χ0n) is 12.4. The summed E-state index contributed by atoms with van der Waals surface area (Å²) in [7, 11) is 1.64. The number of ether oxygens (including phenoxy) is 2. The molecule has 0 saturated carbocycles. The molecular formula is C16H18FN3O2. The summed E-state index contributed by atoms with van der Waals surface area (Å²) in [5.74, 6) is 0.619. The van der Waals surface area contributed by atoms with Gasteiger partial charge in [0.1, 0.15) is 24.1 Å². The zero-order chi connectivity index (χ0) is 15.4. The number of rotatable bonds is 4. The third-order valence-electron chi connectivity index (χ3n) is 3.63. The van der Waals surface area contributed by atoms with Crippen molar-refractivity contribution in [2.45, 2.75) is 12.7 Å². The number of morpholine rings is 1. The van der Waals surface area contributed by atoms with Crippen LogP contribution in [0.25, 0.3) is 0 Å². The predicted molar refractivity (Wildman–Crippen MR) is 80.1 cm³/mol. The Balaban J connectivity index is 1.75. The van der Waals surface area contributed by atoms with Crippen LogP contribution < -0.4 is 4.90 Å². The molecule has 22 heavy (non-hydrogen) atoms. The van der Waals surface area contributed by atoms with Gasteiger partial charge >= 0.3 is 0 Å². The van der Waals surface area contributed by atoms with E-state index in [9.17, 15) is 4.39 Å². The largest absolute Gasteiger partial charge is 0.378 e. The molecule has 1 aliphatic heterocycles. The van der Waals surface area contributed by atoms with E-state index >= 15 is 0 Å². The molecule has 1 saturated heterocycles. The van der Waals surface area contributed by atoms with Gasteiger partial charge in [0.25, 0.3) is 0 Å². The smallest absolute Gasteiger partial charge is 0.132 e. The minimum Gasteiger partial charge on any atom is -0.378 e. The number of methoxy groups -OCH3 is 1. The van der Waals surface area contributed by atoms with Crippen LogP contribution in [-0.2, 0) is 16.1 Å². The van der Waals surface area contributed by atoms with Crippen molar-refractivity contribution >= 4 is 5.82 Å². The lowest BCUT2D eigenvalue weighted by atomic mass is 10.1. The molecule has 2 aromatic rings. The van der Waals surface area contributed by atoms with E-state index in [1.165, 1.54) is 12.1 Å². The van der Waals surface area contributed by atoms with Crippen molar-refractivity contribution in [2.24, 2.45) is 0 Å². The molecular weight excluding hydrogens is 285 g/mol. The molecule has 0 amide bonds. The Kier molecular flexibility index (Phi) is 4.60. The predicted octanol–water partition coefficient (Wildman–Crippen LogP) is 2.34. The van der Waals surface area contributed by atoms with E-state index in [1.807, 2.05) is 6.07 Å². The monoisotopic (exact) mass is 303 g/mol. The molecule has 0 bridgehead atoms. The summed E-state index contributed by atoms with van der Waals surface area (Å²) >= 11 is 0. The number of halogens is 1. The minimum atomic E-state index is -0.239. The van der Waals surface area contributed by atoms with Crippen LogP contribution in [0.15, 0.2) is 36.7 Å². The fourth-order valence-electron chi connectivity index (χ4n) is 2.52. The van der Waals surface area contributed by atoms with E-state index in [4.69, 9.17) is 9.47 Å². The summed E-state index contributed by atoms with van der Waals surface area (Å²) in [6, 6.07) is 8.37. The molecule has 0 N–H and O–H groups in total. The highest BCUT2D eigenvalue weighted by Crippen LogP contribution is 2.25. The Labute approximate surface area is 128 Å². The molecule has 0 radical (unpaired) electrons. The minimum absolute atomic E-state index is 0.0878. The van der Waals surface area contributed by atoms with E-state index in [1.54, 1.807) is 25.6 Å². The molecule has 1 atom stereocenters. The van der Waals surface area contributed by atoms with Crippen molar-refractivity contribution in [2.75, 3.05) is 31.7 Å². The number of hydrogen-bond acceptors (Lipinski definition) is 5. The van der Waals surface area contributed by atoms with Crippen LogP contribution in [0.4, 0.5) is 10.2 Å². The van der Waals surface area contributed by atoms with Crippen molar-refractivity contribution in [1.29, 1.82) is 0 Å². The van der Waals surface area contributed by atoms with Crippen LogP contribution in [0.5, 0.6) is 0 Å². The number of aromatic nitrogens is 2. The van der Waals surface area contributed by atoms with Crippen molar-refractivity contribution < 1.29 is 13.9 Å². The average molecular weight is 303 g/mol. The highest BCUT2D eigenvalue weighted by Gasteiger charge is 2.23. The van der Waals surface area contributed by atoms with Gasteiger partial charge in [-0.25, -0.2) is 14.4 Å². The number of anilines is 1. The van der Waals surface area contributed by atoms with Gasteiger partial charge in [-0.1, -0.05) is 12.1 Å². The first-order chi connectivity index (χ1) is 10.8. The van der Waals surface area contributed by atoms with E-state index < -0.39 is 0 Å². The van der Waals surface area contributed by atoms with Gasteiger partial charge in [-0.3, -0.25) is 0 Å². The van der Waals surface area contributed by atoms with Gasteiger partial charge in [0, 0.05) is 26.3 Å². The second-order valence-corrected chi connectivity index (χ2v) is 5.16. The summed E-state index contributed by atoms with van der Waals surface area (Å²) in [6.45, 7) is 2.50. The van der Waals surface area contributed by atoms with Gasteiger partial charge in [-0.05, 0) is 17.7 Å². The number of benzene rings is 1. The first-order valence-corrected chi connectivity index (χ1v) is 7.18. The van der Waals surface area contributed by atoms with Crippen LogP contribution in [0, 0.1) is 5.82 Å². The molecule has 5 nitrogen and oxygen atoms in total. The Hall–Kier alpha value is -2.05. The normalized spacial score (nSPS) is 18.5. The van der Waals surface area contributed by atoms with Crippen molar-refractivity contribution in [1.82, 2.24) is 9.97 Å². The maximum atomic E-state index is 13.0. The Morgan fingerprint density at radius 2 is 2.14 bits per heavy atom. The third kappa shape index (κ3) is 3.40. The van der Waals surface area contributed by atoms with Gasteiger partial charge in [0.05, 0.1) is 18.9 Å². The summed E-state index contributed by atoms with van der Waals surface area (Å²) in [4.78, 5) is 10.7. The van der Waals surface area contributed by atoms with Gasteiger partial charge < -0.3 is 14.4 Å². The standard InChI is InChI=1S/C16H18FN3O2/c1-21-10-14-8-16(19-11-18-14)20-6-7-22-15(9-20)12-2-4-13(17)5-3-12/h2-5,8,11,15H,6-7,9-10H2,1H3. The summed E-state index contributed by atoms with van der Waals surface area (Å²) in [5, 5.41) is 0. The van der Waals surface area contributed by atoms with Crippen LogP contribution >= 0.6 is 0 Å². The molecule has 0 spiro atoms. The second-order valence-electron chi connectivity index (χ2n) is 5.16. The van der Waals surface area contributed by atoms with E-state index in [0.717, 1.165) is 23.6 Å². The van der Waals surface area contributed by atoms with E-state index in [0.29, 0.717) is 19.8 Å². The van der Waals surface area contributed by atoms with E-state index in [2.05, 4.69) is 14.9 Å². The highest BCUT2D eigenvalue weighted by molar-refractivity contribution is 5.40. The Morgan fingerprint density at radius 1 is 1.32 bits per heavy atom. The topological polar surface area (TPSA) is 47.5 Å². The van der Waals surface area contributed by atoms with Crippen LogP contribution in [0.3, 0.4) is 0 Å². The van der Waals surface area contributed by atoms with Crippen LogP contribution in [0.1, 0.15) is 17.4 Å². The molecule has 0 aliphatic carbocycles. The quantitative estimate of drug-likeness (QED) is 0.867.